The number of thiazole rings is 1. The van der Waals surface area contributed by atoms with E-state index in [0.29, 0.717) is 6.54 Å². The molecule has 0 aromatic carbocycles. The monoisotopic (exact) mass is 263 g/mol. The molecule has 92 valence electrons. The molecule has 0 aliphatic heterocycles. The molecule has 2 N–H and O–H groups in total. The summed E-state index contributed by atoms with van der Waals surface area (Å²) in [5, 5.41) is 3.25. The second kappa shape index (κ2) is 6.29. The number of nitrogens with zero attached hydrogens (tertiary/aromatic N) is 1. The van der Waals surface area contributed by atoms with Gasteiger partial charge in [-0.25, -0.2) is 18.1 Å². The van der Waals surface area contributed by atoms with Crippen LogP contribution in [-0.4, -0.2) is 32.7 Å². The normalized spacial score (nSPS) is 11.9. The van der Waals surface area contributed by atoms with Gasteiger partial charge in [0.15, 0.2) is 0 Å². The first-order valence-corrected chi connectivity index (χ1v) is 7.80. The molecule has 0 bridgehead atoms. The first kappa shape index (κ1) is 13.6. The van der Waals surface area contributed by atoms with Gasteiger partial charge in [0.25, 0.3) is 0 Å². The fourth-order valence-corrected chi connectivity index (χ4v) is 2.43. The number of sulfonamides is 1. The molecule has 1 aromatic rings. The lowest BCUT2D eigenvalue weighted by Gasteiger charge is -2.04. The van der Waals surface area contributed by atoms with Crippen LogP contribution in [0.5, 0.6) is 0 Å². The van der Waals surface area contributed by atoms with E-state index in [9.17, 15) is 8.42 Å². The Kier molecular flexibility index (Phi) is 5.33. The summed E-state index contributed by atoms with van der Waals surface area (Å²) in [6.45, 7) is 4.06. The molecule has 0 aliphatic rings. The third-order valence-corrected chi connectivity index (χ3v) is 3.69. The summed E-state index contributed by atoms with van der Waals surface area (Å²) in [6.07, 6.45) is 1.95. The Morgan fingerprint density at radius 2 is 2.19 bits per heavy atom. The lowest BCUT2D eigenvalue weighted by molar-refractivity contribution is 0.579. The zero-order valence-electron chi connectivity index (χ0n) is 9.49. The molecule has 0 unspecified atom stereocenters. The van der Waals surface area contributed by atoms with Gasteiger partial charge in [0.2, 0.25) is 10.0 Å². The Labute approximate surface area is 100 Å². The number of nitrogens with one attached hydrogen (secondary N) is 2. The summed E-state index contributed by atoms with van der Waals surface area (Å²) in [4.78, 5) is 5.38. The summed E-state index contributed by atoms with van der Waals surface area (Å²) < 4.78 is 24.0. The minimum absolute atomic E-state index is 0.480. The molecular formula is C9H17N3O2S2. The Bertz CT molecular complexity index is 414. The van der Waals surface area contributed by atoms with Crippen LogP contribution >= 0.6 is 11.3 Å². The molecule has 0 fully saturated rings. The number of aromatic nitrogens is 1. The van der Waals surface area contributed by atoms with Crippen molar-refractivity contribution in [2.45, 2.75) is 19.9 Å². The van der Waals surface area contributed by atoms with Crippen LogP contribution in [0.1, 0.15) is 17.0 Å². The molecule has 16 heavy (non-hydrogen) atoms. The van der Waals surface area contributed by atoms with Crippen LogP contribution in [0.3, 0.4) is 0 Å². The molecule has 1 heterocycles. The largest absolute Gasteiger partial charge is 0.312 e. The van der Waals surface area contributed by atoms with Crippen LogP contribution in [0.4, 0.5) is 0 Å². The van der Waals surface area contributed by atoms with Crippen LogP contribution in [0.15, 0.2) is 5.51 Å². The van der Waals surface area contributed by atoms with Crippen molar-refractivity contribution in [1.29, 1.82) is 0 Å². The summed E-state index contributed by atoms with van der Waals surface area (Å²) in [5.41, 5.74) is 2.89. The zero-order chi connectivity index (χ0) is 12.0. The van der Waals surface area contributed by atoms with Gasteiger partial charge in [-0.3, -0.25) is 0 Å². The first-order valence-electron chi connectivity index (χ1n) is 5.03. The van der Waals surface area contributed by atoms with Gasteiger partial charge in [-0.1, -0.05) is 0 Å². The van der Waals surface area contributed by atoms with Crippen molar-refractivity contribution in [2.24, 2.45) is 0 Å². The first-order chi connectivity index (χ1) is 7.49. The van der Waals surface area contributed by atoms with Gasteiger partial charge in [0.05, 0.1) is 17.5 Å². The zero-order valence-corrected chi connectivity index (χ0v) is 11.1. The van der Waals surface area contributed by atoms with Crippen molar-refractivity contribution in [1.82, 2.24) is 15.0 Å². The predicted octanol–water partition coefficient (Wildman–Crippen LogP) is 0.480. The van der Waals surface area contributed by atoms with Crippen LogP contribution < -0.4 is 10.0 Å². The quantitative estimate of drug-likeness (QED) is 0.702. The van der Waals surface area contributed by atoms with E-state index in [1.165, 1.54) is 11.1 Å². The SMILES string of the molecule is Cc1ncsc1CNCCCNS(C)(=O)=O. The average molecular weight is 263 g/mol. The van der Waals surface area contributed by atoms with Crippen molar-refractivity contribution in [3.63, 3.8) is 0 Å². The van der Waals surface area contributed by atoms with Gasteiger partial charge >= 0.3 is 0 Å². The average Bonchev–Trinajstić information content (AvgIpc) is 2.56. The Balaban J connectivity index is 2.07. The standard InChI is InChI=1S/C9H17N3O2S2/c1-8-9(15-7-11-8)6-10-4-3-5-12-16(2,13)14/h7,10,12H,3-6H2,1-2H3. The van der Waals surface area contributed by atoms with Gasteiger partial charge in [0.1, 0.15) is 0 Å². The molecule has 1 rings (SSSR count). The highest BCUT2D eigenvalue weighted by Gasteiger charge is 2.01. The molecule has 7 heteroatoms. The highest BCUT2D eigenvalue weighted by atomic mass is 32.2. The predicted molar refractivity (Wildman–Crippen MR) is 66.0 cm³/mol. The van der Waals surface area contributed by atoms with Gasteiger partial charge < -0.3 is 5.32 Å². The van der Waals surface area contributed by atoms with Gasteiger partial charge in [0, 0.05) is 18.0 Å². The fourth-order valence-electron chi connectivity index (χ4n) is 1.17. The van der Waals surface area contributed by atoms with E-state index in [4.69, 9.17) is 0 Å². The smallest absolute Gasteiger partial charge is 0.208 e. The van der Waals surface area contributed by atoms with Crippen molar-refractivity contribution in [2.75, 3.05) is 19.3 Å². The third kappa shape index (κ3) is 5.55. The number of hydrogen-bond donors (Lipinski definition) is 2. The van der Waals surface area contributed by atoms with Crippen molar-refractivity contribution in [3.8, 4) is 0 Å². The second-order valence-corrected chi connectivity index (χ2v) is 6.33. The number of rotatable bonds is 7. The summed E-state index contributed by atoms with van der Waals surface area (Å²) in [7, 11) is -3.05. The molecule has 0 atom stereocenters. The van der Waals surface area contributed by atoms with Gasteiger partial charge in [-0.15, -0.1) is 11.3 Å². The third-order valence-electron chi connectivity index (χ3n) is 2.02. The van der Waals surface area contributed by atoms with Gasteiger partial charge in [-0.05, 0) is 19.9 Å². The molecule has 0 saturated carbocycles. The topological polar surface area (TPSA) is 71.1 Å². The Morgan fingerprint density at radius 1 is 1.44 bits per heavy atom. The van der Waals surface area contributed by atoms with Crippen LogP contribution in [0, 0.1) is 6.92 Å². The van der Waals surface area contributed by atoms with Crippen LogP contribution in [-0.2, 0) is 16.6 Å². The molecule has 0 saturated heterocycles. The van der Waals surface area contributed by atoms with Crippen LogP contribution in [0.25, 0.3) is 0 Å². The highest BCUT2D eigenvalue weighted by Crippen LogP contribution is 2.10. The number of hydrogen-bond acceptors (Lipinski definition) is 5. The molecule has 0 radical (unpaired) electrons. The van der Waals surface area contributed by atoms with E-state index < -0.39 is 10.0 Å². The van der Waals surface area contributed by atoms with Crippen molar-refractivity contribution in [3.05, 3.63) is 16.1 Å². The maximum absolute atomic E-state index is 10.8. The lowest BCUT2D eigenvalue weighted by atomic mass is 10.3. The molecule has 5 nitrogen and oxygen atoms in total. The van der Waals surface area contributed by atoms with Crippen molar-refractivity contribution >= 4 is 21.4 Å². The van der Waals surface area contributed by atoms with E-state index >= 15 is 0 Å². The van der Waals surface area contributed by atoms with E-state index in [1.807, 2.05) is 12.4 Å². The Hall–Kier alpha value is -0.500. The second-order valence-electron chi connectivity index (χ2n) is 3.56. The van der Waals surface area contributed by atoms with E-state index in [1.54, 1.807) is 11.3 Å². The highest BCUT2D eigenvalue weighted by molar-refractivity contribution is 7.88. The minimum Gasteiger partial charge on any atom is -0.312 e. The van der Waals surface area contributed by atoms with Gasteiger partial charge in [-0.2, -0.15) is 0 Å². The summed E-state index contributed by atoms with van der Waals surface area (Å²) in [5.74, 6) is 0. The summed E-state index contributed by atoms with van der Waals surface area (Å²) >= 11 is 1.63. The molecule has 0 aliphatic carbocycles. The lowest BCUT2D eigenvalue weighted by Crippen LogP contribution is -2.26. The van der Waals surface area contributed by atoms with E-state index in [0.717, 1.165) is 25.2 Å². The fraction of sp³-hybridized carbons (Fsp3) is 0.667. The maximum Gasteiger partial charge on any atom is 0.208 e. The molecule has 0 amide bonds. The molecule has 1 aromatic heterocycles. The maximum atomic E-state index is 10.8. The van der Waals surface area contributed by atoms with E-state index in [2.05, 4.69) is 15.0 Å². The summed E-state index contributed by atoms with van der Waals surface area (Å²) in [6, 6.07) is 0. The number of aryl methyl sites for hydroxylation is 1. The van der Waals surface area contributed by atoms with E-state index in [-0.39, 0.29) is 0 Å². The van der Waals surface area contributed by atoms with Crippen molar-refractivity contribution < 1.29 is 8.42 Å². The molecule has 0 spiro atoms. The Morgan fingerprint density at radius 3 is 2.75 bits per heavy atom. The van der Waals surface area contributed by atoms with Crippen LogP contribution in [0.2, 0.25) is 0 Å². The molecular weight excluding hydrogens is 246 g/mol. The minimum atomic E-state index is -3.05.